The maximum atomic E-state index is 12.3. The highest BCUT2D eigenvalue weighted by Crippen LogP contribution is 2.29. The van der Waals surface area contributed by atoms with Crippen LogP contribution in [0.4, 0.5) is 5.69 Å². The van der Waals surface area contributed by atoms with Crippen molar-refractivity contribution in [2.75, 3.05) is 12.4 Å². The predicted octanol–water partition coefficient (Wildman–Crippen LogP) is 3.91. The molecule has 0 amide bonds. The largest absolute Gasteiger partial charge is 0.493 e. The van der Waals surface area contributed by atoms with Crippen LogP contribution in [0, 0.1) is 0 Å². The summed E-state index contributed by atoms with van der Waals surface area (Å²) >= 11 is 6.03. The fourth-order valence-electron chi connectivity index (χ4n) is 2.95. The van der Waals surface area contributed by atoms with E-state index in [1.54, 1.807) is 30.3 Å². The van der Waals surface area contributed by atoms with E-state index >= 15 is 0 Å². The Morgan fingerprint density at radius 2 is 1.93 bits per heavy atom. The van der Waals surface area contributed by atoms with Gasteiger partial charge in [-0.3, -0.25) is 4.79 Å². The number of nitrogens with one attached hydrogen (secondary N) is 2. The minimum Gasteiger partial charge on any atom is -0.493 e. The van der Waals surface area contributed by atoms with E-state index in [-0.39, 0.29) is 5.56 Å². The van der Waals surface area contributed by atoms with Crippen molar-refractivity contribution < 1.29 is 9.15 Å². The van der Waals surface area contributed by atoms with Gasteiger partial charge in [0, 0.05) is 51.2 Å². The lowest BCUT2D eigenvalue weighted by molar-refractivity contribution is 0.407. The van der Waals surface area contributed by atoms with E-state index in [4.69, 9.17) is 20.8 Å². The summed E-state index contributed by atoms with van der Waals surface area (Å²) in [5.74, 6) is 0.437. The number of hydrogen-bond acceptors (Lipinski definition) is 5. The number of aromatic amines is 1. The Bertz CT molecular complexity index is 1280. The molecule has 4 aromatic rings. The molecule has 0 aliphatic heterocycles. The van der Waals surface area contributed by atoms with Gasteiger partial charge in [-0.25, -0.2) is 4.79 Å². The highest BCUT2D eigenvalue weighted by molar-refractivity contribution is 6.31. The van der Waals surface area contributed by atoms with Crippen LogP contribution in [0.1, 0.15) is 5.56 Å². The highest BCUT2D eigenvalue weighted by atomic mass is 35.5. The Morgan fingerprint density at radius 3 is 2.74 bits per heavy atom. The first-order valence-electron chi connectivity index (χ1n) is 8.21. The molecule has 2 aromatic heterocycles. The van der Waals surface area contributed by atoms with E-state index in [0.29, 0.717) is 28.5 Å². The molecule has 0 saturated carbocycles. The monoisotopic (exact) mass is 382 g/mol. The molecule has 0 unspecified atom stereocenters. The first-order valence-corrected chi connectivity index (χ1v) is 8.58. The molecule has 0 bridgehead atoms. The van der Waals surface area contributed by atoms with Gasteiger partial charge < -0.3 is 19.5 Å². The maximum absolute atomic E-state index is 12.3. The summed E-state index contributed by atoms with van der Waals surface area (Å²) in [7, 11) is 1.50. The number of halogens is 1. The van der Waals surface area contributed by atoms with Crippen molar-refractivity contribution >= 4 is 39.2 Å². The van der Waals surface area contributed by atoms with Crippen LogP contribution in [0.2, 0.25) is 5.02 Å². The zero-order valence-electron chi connectivity index (χ0n) is 14.3. The first-order chi connectivity index (χ1) is 13.0. The van der Waals surface area contributed by atoms with Crippen molar-refractivity contribution in [1.82, 2.24) is 4.98 Å². The predicted molar refractivity (Wildman–Crippen MR) is 106 cm³/mol. The summed E-state index contributed by atoms with van der Waals surface area (Å²) in [6, 6.07) is 13.7. The molecule has 2 aromatic carbocycles. The number of rotatable bonds is 4. The maximum Gasteiger partial charge on any atom is 0.336 e. The van der Waals surface area contributed by atoms with Gasteiger partial charge in [-0.1, -0.05) is 11.6 Å². The second-order valence-corrected chi connectivity index (χ2v) is 6.50. The van der Waals surface area contributed by atoms with Crippen molar-refractivity contribution in [2.45, 2.75) is 6.54 Å². The summed E-state index contributed by atoms with van der Waals surface area (Å²) in [6.07, 6.45) is 0. The van der Waals surface area contributed by atoms with Crippen LogP contribution >= 0.6 is 11.6 Å². The Morgan fingerprint density at radius 1 is 1.07 bits per heavy atom. The van der Waals surface area contributed by atoms with Gasteiger partial charge in [0.25, 0.3) is 5.56 Å². The van der Waals surface area contributed by atoms with Gasteiger partial charge in [-0.15, -0.1) is 0 Å². The van der Waals surface area contributed by atoms with Crippen LogP contribution in [0.3, 0.4) is 0 Å². The highest BCUT2D eigenvalue weighted by Gasteiger charge is 2.09. The number of pyridine rings is 1. The second kappa shape index (κ2) is 6.81. The minimum absolute atomic E-state index is 0.170. The lowest BCUT2D eigenvalue weighted by Gasteiger charge is -2.10. The van der Waals surface area contributed by atoms with Gasteiger partial charge in [0.2, 0.25) is 0 Å². The third kappa shape index (κ3) is 3.39. The molecule has 27 heavy (non-hydrogen) atoms. The van der Waals surface area contributed by atoms with Gasteiger partial charge in [0.1, 0.15) is 0 Å². The quantitative estimate of drug-likeness (QED) is 0.523. The number of fused-ring (bicyclic) bond motifs is 2. The standard InChI is InChI=1S/C20H15ClN2O4/c1-26-17-9-15(8-11-2-5-18(24)27-19(11)17)22-10-13-6-12-7-14(21)3-4-16(12)23-20(13)25/h2-9,22H,10H2,1H3,(H,23,25). The molecule has 0 saturated heterocycles. The first kappa shape index (κ1) is 17.2. The van der Waals surface area contributed by atoms with Crippen molar-refractivity contribution in [2.24, 2.45) is 0 Å². The molecule has 2 N–H and O–H groups in total. The lowest BCUT2D eigenvalue weighted by atomic mass is 10.1. The van der Waals surface area contributed by atoms with Gasteiger partial charge in [-0.05, 0) is 36.4 Å². The SMILES string of the molecule is COc1cc(NCc2cc3cc(Cl)ccc3[nH]c2=O)cc2ccc(=O)oc12. The van der Waals surface area contributed by atoms with Crippen molar-refractivity contribution in [3.8, 4) is 5.75 Å². The van der Waals surface area contributed by atoms with Crippen LogP contribution < -0.4 is 21.2 Å². The Balaban J connectivity index is 1.68. The smallest absolute Gasteiger partial charge is 0.336 e. The Labute approximate surface area is 158 Å². The summed E-state index contributed by atoms with van der Waals surface area (Å²) in [5, 5.41) is 5.39. The molecule has 0 atom stereocenters. The molecule has 7 heteroatoms. The number of methoxy groups -OCH3 is 1. The number of hydrogen-bond donors (Lipinski definition) is 2. The number of H-pyrrole nitrogens is 1. The van der Waals surface area contributed by atoms with E-state index in [2.05, 4.69) is 10.3 Å². The number of aromatic nitrogens is 1. The zero-order chi connectivity index (χ0) is 19.0. The van der Waals surface area contributed by atoms with Gasteiger partial charge >= 0.3 is 5.63 Å². The minimum atomic E-state index is -0.442. The van der Waals surface area contributed by atoms with E-state index in [9.17, 15) is 9.59 Å². The summed E-state index contributed by atoms with van der Waals surface area (Å²) in [4.78, 5) is 26.6. The van der Waals surface area contributed by atoms with E-state index in [1.165, 1.54) is 13.2 Å². The summed E-state index contributed by atoms with van der Waals surface area (Å²) in [5.41, 5.74) is 1.81. The van der Waals surface area contributed by atoms with E-state index in [0.717, 1.165) is 22.0 Å². The van der Waals surface area contributed by atoms with Gasteiger partial charge in [0.05, 0.1) is 7.11 Å². The molecular formula is C20H15ClN2O4. The Hall–Kier alpha value is -3.25. The number of ether oxygens (including phenoxy) is 1. The fourth-order valence-corrected chi connectivity index (χ4v) is 3.13. The number of anilines is 1. The van der Waals surface area contributed by atoms with Gasteiger partial charge in [0.15, 0.2) is 11.3 Å². The molecule has 0 aliphatic rings. The summed E-state index contributed by atoms with van der Waals surface area (Å²) < 4.78 is 10.5. The van der Waals surface area contributed by atoms with Crippen LogP contribution in [0.5, 0.6) is 5.75 Å². The normalized spacial score (nSPS) is 11.0. The average Bonchev–Trinajstić information content (AvgIpc) is 2.66. The number of benzene rings is 2. The Kier molecular flexibility index (Phi) is 4.33. The molecule has 0 aliphatic carbocycles. The lowest BCUT2D eigenvalue weighted by Crippen LogP contribution is -2.15. The molecule has 4 rings (SSSR count). The van der Waals surface area contributed by atoms with Crippen LogP contribution in [-0.4, -0.2) is 12.1 Å². The third-order valence-corrected chi connectivity index (χ3v) is 4.51. The molecule has 136 valence electrons. The fraction of sp³-hybridized carbons (Fsp3) is 0.100. The molecule has 0 fully saturated rings. The van der Waals surface area contributed by atoms with Crippen LogP contribution in [-0.2, 0) is 6.54 Å². The molecule has 2 heterocycles. The molecule has 0 radical (unpaired) electrons. The molecular weight excluding hydrogens is 368 g/mol. The van der Waals surface area contributed by atoms with Crippen molar-refractivity contribution in [3.63, 3.8) is 0 Å². The van der Waals surface area contributed by atoms with Gasteiger partial charge in [-0.2, -0.15) is 0 Å². The van der Waals surface area contributed by atoms with Crippen LogP contribution in [0.15, 0.2) is 62.5 Å². The van der Waals surface area contributed by atoms with Crippen molar-refractivity contribution in [1.29, 1.82) is 0 Å². The average molecular weight is 383 g/mol. The van der Waals surface area contributed by atoms with Crippen LogP contribution in [0.25, 0.3) is 21.9 Å². The van der Waals surface area contributed by atoms with E-state index < -0.39 is 5.63 Å². The zero-order valence-corrected chi connectivity index (χ0v) is 15.1. The molecule has 0 spiro atoms. The summed E-state index contributed by atoms with van der Waals surface area (Å²) in [6.45, 7) is 0.309. The second-order valence-electron chi connectivity index (χ2n) is 6.06. The third-order valence-electron chi connectivity index (χ3n) is 4.27. The molecule has 6 nitrogen and oxygen atoms in total. The van der Waals surface area contributed by atoms with Crippen molar-refractivity contribution in [3.05, 3.63) is 79.9 Å². The topological polar surface area (TPSA) is 84.3 Å². The van der Waals surface area contributed by atoms with E-state index in [1.807, 2.05) is 12.1 Å².